The minimum Gasteiger partial charge on any atom is -0.298 e. The number of hydrogen-bond acceptors (Lipinski definition) is 3. The molecule has 0 bridgehead atoms. The van der Waals surface area contributed by atoms with Gasteiger partial charge in [-0.25, -0.2) is 4.79 Å². The van der Waals surface area contributed by atoms with Crippen LogP contribution in [0.15, 0.2) is 0 Å². The summed E-state index contributed by atoms with van der Waals surface area (Å²) in [4.78, 5) is 22.9. The molecule has 0 amide bonds. The van der Waals surface area contributed by atoms with Gasteiger partial charge in [-0.05, 0) is 31.1 Å². The summed E-state index contributed by atoms with van der Waals surface area (Å²) >= 11 is 0. The fourth-order valence-electron chi connectivity index (χ4n) is 3.40. The van der Waals surface area contributed by atoms with Crippen LogP contribution in [0, 0.1) is 10.8 Å². The molecule has 0 aromatic heterocycles. The van der Waals surface area contributed by atoms with Crippen LogP contribution >= 0.6 is 0 Å². The molecule has 0 saturated carbocycles. The number of carbonyl (C=O) groups excluding carboxylic acids is 1. The van der Waals surface area contributed by atoms with Crippen LogP contribution in [0.3, 0.4) is 0 Å². The van der Waals surface area contributed by atoms with Crippen molar-refractivity contribution in [2.45, 2.75) is 92.9 Å². The first-order chi connectivity index (χ1) is 9.91. The van der Waals surface area contributed by atoms with E-state index in [1.165, 1.54) is 12.8 Å². The van der Waals surface area contributed by atoms with Crippen molar-refractivity contribution in [3.8, 4) is 0 Å². The summed E-state index contributed by atoms with van der Waals surface area (Å²) in [7, 11) is 0. The van der Waals surface area contributed by atoms with Crippen LogP contribution in [0.4, 0.5) is 0 Å². The second kappa shape index (κ2) is 10.2. The van der Waals surface area contributed by atoms with Crippen molar-refractivity contribution in [2.24, 2.45) is 10.8 Å². The van der Waals surface area contributed by atoms with Crippen molar-refractivity contribution in [1.29, 1.82) is 0 Å². The molecule has 0 radical (unpaired) electrons. The Morgan fingerprint density at radius 2 is 1.52 bits per heavy atom. The van der Waals surface area contributed by atoms with Crippen molar-refractivity contribution in [3.05, 3.63) is 0 Å². The van der Waals surface area contributed by atoms with Gasteiger partial charge in [0.15, 0.2) is 0 Å². The van der Waals surface area contributed by atoms with E-state index in [2.05, 4.69) is 41.5 Å². The molecule has 0 aliphatic carbocycles. The molecule has 0 atom stereocenters. The van der Waals surface area contributed by atoms with Crippen LogP contribution < -0.4 is 0 Å². The van der Waals surface area contributed by atoms with Crippen LogP contribution in [0.2, 0.25) is 0 Å². The van der Waals surface area contributed by atoms with Gasteiger partial charge in [0.25, 0.3) is 0 Å². The lowest BCUT2D eigenvalue weighted by Crippen LogP contribution is -2.45. The Morgan fingerprint density at radius 1 is 0.905 bits per heavy atom. The molecule has 0 spiro atoms. The van der Waals surface area contributed by atoms with Gasteiger partial charge < -0.3 is 0 Å². The van der Waals surface area contributed by atoms with Gasteiger partial charge in [-0.15, -0.1) is 0 Å². The van der Waals surface area contributed by atoms with E-state index in [9.17, 15) is 4.79 Å². The van der Waals surface area contributed by atoms with Crippen LogP contribution in [0.5, 0.6) is 0 Å². The Balaban J connectivity index is 4.55. The van der Waals surface area contributed by atoms with Crippen molar-refractivity contribution in [1.82, 2.24) is 0 Å². The Kier molecular flexibility index (Phi) is 9.93. The molecule has 126 valence electrons. The number of rotatable bonds is 12. The second-order valence-corrected chi connectivity index (χ2v) is 6.68. The number of unbranched alkanes of at least 4 members (excludes halogenated alkanes) is 3. The fraction of sp³-hybridized carbons (Fsp3) is 0.944. The molecule has 3 heteroatoms. The molecule has 3 nitrogen and oxygen atoms in total. The van der Waals surface area contributed by atoms with Gasteiger partial charge in [-0.3, -0.25) is 4.89 Å². The molecule has 0 aromatic rings. The Hall–Kier alpha value is -0.570. The third kappa shape index (κ3) is 5.61. The predicted molar refractivity (Wildman–Crippen MR) is 87.9 cm³/mol. The lowest BCUT2D eigenvalue weighted by atomic mass is 9.60. The largest absolute Gasteiger partial charge is 0.348 e. The first-order valence-electron chi connectivity index (χ1n) is 8.75. The smallest absolute Gasteiger partial charge is 0.298 e. The summed E-state index contributed by atoms with van der Waals surface area (Å²) in [5.41, 5.74) is -0.527. The van der Waals surface area contributed by atoms with Crippen molar-refractivity contribution in [3.63, 3.8) is 0 Å². The van der Waals surface area contributed by atoms with E-state index in [4.69, 9.17) is 9.78 Å². The normalized spacial score (nSPS) is 12.5. The maximum absolute atomic E-state index is 12.6. The zero-order valence-corrected chi connectivity index (χ0v) is 15.1. The highest BCUT2D eigenvalue weighted by molar-refractivity contribution is 5.77. The molecule has 0 fully saturated rings. The van der Waals surface area contributed by atoms with Crippen LogP contribution in [0.25, 0.3) is 0 Å². The quantitative estimate of drug-likeness (QED) is 0.264. The van der Waals surface area contributed by atoms with Crippen LogP contribution in [-0.4, -0.2) is 12.6 Å². The van der Waals surface area contributed by atoms with E-state index in [0.29, 0.717) is 6.61 Å². The average Bonchev–Trinajstić information content (AvgIpc) is 2.44. The Labute approximate surface area is 131 Å². The fourth-order valence-corrected chi connectivity index (χ4v) is 3.40. The molecule has 0 heterocycles. The van der Waals surface area contributed by atoms with Gasteiger partial charge in [0, 0.05) is 0 Å². The summed E-state index contributed by atoms with van der Waals surface area (Å²) < 4.78 is 0. The first kappa shape index (κ1) is 20.4. The van der Waals surface area contributed by atoms with E-state index < -0.39 is 5.41 Å². The van der Waals surface area contributed by atoms with E-state index in [1.54, 1.807) is 0 Å². The minimum atomic E-state index is -0.452. The molecular weight excluding hydrogens is 264 g/mol. The third-order valence-corrected chi connectivity index (χ3v) is 4.98. The third-order valence-electron chi connectivity index (χ3n) is 4.98. The highest BCUT2D eigenvalue weighted by Crippen LogP contribution is 2.48. The van der Waals surface area contributed by atoms with Crippen LogP contribution in [0.1, 0.15) is 92.9 Å². The predicted octanol–water partition coefficient (Wildman–Crippen LogP) is 5.67. The topological polar surface area (TPSA) is 35.5 Å². The second-order valence-electron chi connectivity index (χ2n) is 6.68. The van der Waals surface area contributed by atoms with Gasteiger partial charge in [0.1, 0.15) is 0 Å². The van der Waals surface area contributed by atoms with E-state index in [-0.39, 0.29) is 11.4 Å². The molecule has 21 heavy (non-hydrogen) atoms. The van der Waals surface area contributed by atoms with Gasteiger partial charge in [0.2, 0.25) is 0 Å². The van der Waals surface area contributed by atoms with Crippen LogP contribution in [-0.2, 0) is 14.6 Å². The maximum atomic E-state index is 12.6. The van der Waals surface area contributed by atoms with Crippen molar-refractivity contribution < 1.29 is 14.6 Å². The number of hydrogen-bond donors (Lipinski definition) is 0. The molecule has 0 aliphatic rings. The Morgan fingerprint density at radius 3 is 2.00 bits per heavy atom. The van der Waals surface area contributed by atoms with E-state index in [0.717, 1.165) is 38.5 Å². The minimum absolute atomic E-state index is 0.0755. The lowest BCUT2D eigenvalue weighted by Gasteiger charge is -2.43. The van der Waals surface area contributed by atoms with Gasteiger partial charge in [-0.2, -0.15) is 4.89 Å². The molecule has 0 N–H and O–H groups in total. The Bertz CT molecular complexity index is 280. The van der Waals surface area contributed by atoms with Gasteiger partial charge in [-0.1, -0.05) is 67.2 Å². The summed E-state index contributed by atoms with van der Waals surface area (Å²) in [6.45, 7) is 13.3. The molecule has 0 aromatic carbocycles. The molecule has 0 unspecified atom stereocenters. The zero-order chi connectivity index (χ0) is 16.4. The zero-order valence-electron chi connectivity index (χ0n) is 15.1. The van der Waals surface area contributed by atoms with Crippen molar-refractivity contribution >= 4 is 5.97 Å². The lowest BCUT2D eigenvalue weighted by molar-refractivity contribution is -0.286. The van der Waals surface area contributed by atoms with Gasteiger partial charge >= 0.3 is 5.97 Å². The summed E-state index contributed by atoms with van der Waals surface area (Å²) in [6, 6.07) is 0. The van der Waals surface area contributed by atoms with Gasteiger partial charge in [0.05, 0.1) is 12.0 Å². The highest BCUT2D eigenvalue weighted by Gasteiger charge is 2.49. The highest BCUT2D eigenvalue weighted by atomic mass is 17.2. The molecule has 0 saturated heterocycles. The monoisotopic (exact) mass is 300 g/mol. The number of carbonyl (C=O) groups is 1. The maximum Gasteiger partial charge on any atom is 0.348 e. The SMILES string of the molecule is CCCCCCOOC(=O)C(CC)(CC)C(C)(C)CCC. The molecular formula is C18H36O3. The molecule has 0 rings (SSSR count). The average molecular weight is 300 g/mol. The van der Waals surface area contributed by atoms with Crippen molar-refractivity contribution in [2.75, 3.05) is 6.61 Å². The summed E-state index contributed by atoms with van der Waals surface area (Å²) in [5, 5.41) is 0. The standard InChI is InChI=1S/C18H36O3/c1-7-11-12-13-15-20-21-16(19)18(9-3,10-4)17(5,6)14-8-2/h7-15H2,1-6H3. The van der Waals surface area contributed by atoms with E-state index in [1.807, 2.05) is 0 Å². The van der Waals surface area contributed by atoms with E-state index >= 15 is 0 Å². The molecule has 0 aliphatic heterocycles. The summed E-state index contributed by atoms with van der Waals surface area (Å²) in [5.74, 6) is -0.193. The first-order valence-corrected chi connectivity index (χ1v) is 8.75. The summed E-state index contributed by atoms with van der Waals surface area (Å²) in [6.07, 6.45) is 8.13.